The van der Waals surface area contributed by atoms with Crippen molar-refractivity contribution in [1.82, 2.24) is 10.2 Å². The van der Waals surface area contributed by atoms with E-state index in [1.54, 1.807) is 45.4 Å². The average Bonchev–Trinajstić information content (AvgIpc) is 3.11. The molecule has 0 aromatic heterocycles. The molecule has 1 fully saturated rings. The van der Waals surface area contributed by atoms with Crippen LogP contribution in [-0.2, 0) is 21.4 Å². The summed E-state index contributed by atoms with van der Waals surface area (Å²) >= 11 is 0. The molecule has 1 saturated heterocycles. The van der Waals surface area contributed by atoms with Crippen molar-refractivity contribution in [2.24, 2.45) is 10.3 Å². The summed E-state index contributed by atoms with van der Waals surface area (Å²) < 4.78 is 40.3. The first-order chi connectivity index (χ1) is 16.3. The summed E-state index contributed by atoms with van der Waals surface area (Å²) in [5.74, 6) is 1.74. The van der Waals surface area contributed by atoms with Crippen LogP contribution in [0, 0.1) is 5.92 Å². The summed E-state index contributed by atoms with van der Waals surface area (Å²) in [5, 5.41) is 3.00. The molecular weight excluding hydrogens is 454 g/mol. The van der Waals surface area contributed by atoms with Crippen molar-refractivity contribution in [3.05, 3.63) is 65.2 Å². The van der Waals surface area contributed by atoms with Gasteiger partial charge < -0.3 is 19.7 Å². The van der Waals surface area contributed by atoms with Crippen LogP contribution in [0.15, 0.2) is 58.5 Å². The molecule has 2 aliphatic heterocycles. The van der Waals surface area contributed by atoms with Crippen LogP contribution in [0.4, 0.5) is 0 Å². The molecule has 0 saturated carbocycles. The number of carbonyl (C=O) groups is 1. The van der Waals surface area contributed by atoms with Gasteiger partial charge in [0.1, 0.15) is 22.2 Å². The first-order valence-electron chi connectivity index (χ1n) is 11.2. The third kappa shape index (κ3) is 4.79. The summed E-state index contributed by atoms with van der Waals surface area (Å²) in [7, 11) is -0.614. The highest BCUT2D eigenvalue weighted by atomic mass is 32.2. The minimum absolute atomic E-state index is 0.00211. The second-order valence-electron chi connectivity index (χ2n) is 8.36. The normalized spacial score (nSPS) is 18.0. The Hall–Kier alpha value is -3.33. The van der Waals surface area contributed by atoms with Gasteiger partial charge in [-0.05, 0) is 55.7 Å². The minimum Gasteiger partial charge on any atom is -0.497 e. The van der Waals surface area contributed by atoms with Gasteiger partial charge in [0.05, 0.1) is 14.2 Å². The van der Waals surface area contributed by atoms with Gasteiger partial charge in [-0.2, -0.15) is 8.42 Å². The summed E-state index contributed by atoms with van der Waals surface area (Å²) in [6.07, 6.45) is 1.25. The van der Waals surface area contributed by atoms with E-state index in [1.165, 1.54) is 0 Å². The van der Waals surface area contributed by atoms with E-state index in [-0.39, 0.29) is 16.7 Å². The molecule has 0 unspecified atom stereocenters. The Kier molecular flexibility index (Phi) is 6.92. The molecule has 2 heterocycles. The zero-order valence-corrected chi connectivity index (χ0v) is 20.4. The molecule has 1 amide bonds. The topological polar surface area (TPSA) is 97.3 Å². The lowest BCUT2D eigenvalue weighted by atomic mass is 9.95. The standard InChI is InChI=1S/C25H29N3O5S/c1-17-23(18-8-10-21(32-2)11-9-18)34(30,31)27-24(17)28-14-12-19(13-15-28)25(29)26-16-20-6-4-5-7-22(20)33-3/h4-11,19H,12-16H2,1-3H3,(H,26,29). The van der Waals surface area contributed by atoms with Crippen molar-refractivity contribution in [2.45, 2.75) is 26.3 Å². The number of rotatable bonds is 6. The number of sulfonamides is 1. The smallest absolute Gasteiger partial charge is 0.285 e. The number of para-hydroxylation sites is 1. The maximum atomic E-state index is 12.8. The van der Waals surface area contributed by atoms with Crippen molar-refractivity contribution in [1.29, 1.82) is 0 Å². The highest BCUT2D eigenvalue weighted by Crippen LogP contribution is 2.35. The Morgan fingerprint density at radius 2 is 1.74 bits per heavy atom. The van der Waals surface area contributed by atoms with E-state index < -0.39 is 10.0 Å². The lowest BCUT2D eigenvalue weighted by Gasteiger charge is -2.32. The second-order valence-corrected chi connectivity index (χ2v) is 9.90. The van der Waals surface area contributed by atoms with Crippen LogP contribution in [0.5, 0.6) is 11.5 Å². The van der Waals surface area contributed by atoms with Gasteiger partial charge in [-0.3, -0.25) is 4.79 Å². The zero-order chi connectivity index (χ0) is 24.3. The molecule has 2 aromatic rings. The number of nitrogens with one attached hydrogen (secondary N) is 1. The second kappa shape index (κ2) is 9.89. The van der Waals surface area contributed by atoms with Crippen molar-refractivity contribution >= 4 is 26.7 Å². The highest BCUT2D eigenvalue weighted by Gasteiger charge is 2.35. The maximum Gasteiger partial charge on any atom is 0.285 e. The van der Waals surface area contributed by atoms with Gasteiger partial charge in [0.25, 0.3) is 10.0 Å². The molecule has 0 bridgehead atoms. The molecule has 2 aromatic carbocycles. The van der Waals surface area contributed by atoms with Crippen molar-refractivity contribution < 1.29 is 22.7 Å². The van der Waals surface area contributed by atoms with E-state index in [2.05, 4.69) is 9.71 Å². The SMILES string of the molecule is COc1ccc(C2=C(C)C(N3CCC(C(=O)NCc4ccccc4OC)CC3)=NS2(=O)=O)cc1. The van der Waals surface area contributed by atoms with E-state index in [4.69, 9.17) is 9.47 Å². The van der Waals surface area contributed by atoms with Crippen molar-refractivity contribution in [3.63, 3.8) is 0 Å². The third-order valence-corrected chi connectivity index (χ3v) is 7.77. The van der Waals surface area contributed by atoms with Gasteiger partial charge in [0.2, 0.25) is 5.91 Å². The number of carbonyl (C=O) groups excluding carboxylic acids is 1. The molecule has 0 atom stereocenters. The largest absolute Gasteiger partial charge is 0.497 e. The minimum atomic E-state index is -3.79. The molecule has 4 rings (SSSR count). The predicted molar refractivity (Wildman–Crippen MR) is 131 cm³/mol. The number of amides is 1. The zero-order valence-electron chi connectivity index (χ0n) is 19.6. The number of methoxy groups -OCH3 is 2. The summed E-state index contributed by atoms with van der Waals surface area (Å²) in [5.41, 5.74) is 2.14. The number of ether oxygens (including phenoxy) is 2. The van der Waals surface area contributed by atoms with Crippen LogP contribution in [0.1, 0.15) is 30.9 Å². The first kappa shape index (κ1) is 23.8. The third-order valence-electron chi connectivity index (χ3n) is 6.30. The predicted octanol–water partition coefficient (Wildman–Crippen LogP) is 3.21. The van der Waals surface area contributed by atoms with Crippen molar-refractivity contribution in [3.8, 4) is 11.5 Å². The Bertz CT molecular complexity index is 1230. The molecule has 2 aliphatic rings. The van der Waals surface area contributed by atoms with Crippen LogP contribution in [0.3, 0.4) is 0 Å². The van der Waals surface area contributed by atoms with Gasteiger partial charge in [0, 0.05) is 36.7 Å². The lowest BCUT2D eigenvalue weighted by Crippen LogP contribution is -2.43. The van der Waals surface area contributed by atoms with E-state index in [9.17, 15) is 13.2 Å². The molecule has 9 heteroatoms. The van der Waals surface area contributed by atoms with Gasteiger partial charge in [-0.25, -0.2) is 0 Å². The number of likely N-dealkylation sites (tertiary alicyclic amines) is 1. The van der Waals surface area contributed by atoms with Crippen LogP contribution >= 0.6 is 0 Å². The number of piperidine rings is 1. The number of amidine groups is 1. The van der Waals surface area contributed by atoms with Gasteiger partial charge >= 0.3 is 0 Å². The number of hydrogen-bond donors (Lipinski definition) is 1. The van der Waals surface area contributed by atoms with Crippen LogP contribution in [-0.4, -0.2) is 52.4 Å². The first-order valence-corrected chi connectivity index (χ1v) is 12.6. The highest BCUT2D eigenvalue weighted by molar-refractivity contribution is 8.00. The van der Waals surface area contributed by atoms with Crippen LogP contribution in [0.25, 0.3) is 4.91 Å². The summed E-state index contributed by atoms with van der Waals surface area (Å²) in [6, 6.07) is 14.5. The summed E-state index contributed by atoms with van der Waals surface area (Å²) in [4.78, 5) is 14.9. The number of nitrogens with zero attached hydrogens (tertiary/aromatic N) is 2. The Morgan fingerprint density at radius 1 is 1.06 bits per heavy atom. The monoisotopic (exact) mass is 483 g/mol. The van der Waals surface area contributed by atoms with Crippen LogP contribution < -0.4 is 14.8 Å². The average molecular weight is 484 g/mol. The number of benzene rings is 2. The fourth-order valence-electron chi connectivity index (χ4n) is 4.45. The fraction of sp³-hybridized carbons (Fsp3) is 0.360. The molecule has 34 heavy (non-hydrogen) atoms. The van der Waals surface area contributed by atoms with E-state index in [0.717, 1.165) is 11.3 Å². The van der Waals surface area contributed by atoms with Gasteiger partial charge in [-0.1, -0.05) is 18.2 Å². The molecule has 180 valence electrons. The van der Waals surface area contributed by atoms with E-state index in [1.807, 2.05) is 29.2 Å². The lowest BCUT2D eigenvalue weighted by molar-refractivity contribution is -0.126. The Balaban J connectivity index is 1.40. The molecule has 1 N–H and O–H groups in total. The van der Waals surface area contributed by atoms with Gasteiger partial charge in [0.15, 0.2) is 0 Å². The van der Waals surface area contributed by atoms with E-state index in [0.29, 0.717) is 55.2 Å². The van der Waals surface area contributed by atoms with Gasteiger partial charge in [-0.15, -0.1) is 4.40 Å². The summed E-state index contributed by atoms with van der Waals surface area (Å²) in [6.45, 7) is 3.32. The maximum absolute atomic E-state index is 12.8. The fourth-order valence-corrected chi connectivity index (χ4v) is 5.94. The Morgan fingerprint density at radius 3 is 2.38 bits per heavy atom. The molecule has 0 radical (unpaired) electrons. The molecule has 0 spiro atoms. The molecule has 0 aliphatic carbocycles. The van der Waals surface area contributed by atoms with Crippen molar-refractivity contribution in [2.75, 3.05) is 27.3 Å². The molecule has 8 nitrogen and oxygen atoms in total. The Labute approximate surface area is 200 Å². The number of hydrogen-bond acceptors (Lipinski definition) is 6. The quantitative estimate of drug-likeness (QED) is 0.678. The molecular formula is C25H29N3O5S. The van der Waals surface area contributed by atoms with E-state index >= 15 is 0 Å². The van der Waals surface area contributed by atoms with Crippen LogP contribution in [0.2, 0.25) is 0 Å².